The van der Waals surface area contributed by atoms with Crippen LogP contribution in [0.3, 0.4) is 0 Å². The minimum absolute atomic E-state index is 0.772. The van der Waals surface area contributed by atoms with Gasteiger partial charge in [0.15, 0.2) is 0 Å². The summed E-state index contributed by atoms with van der Waals surface area (Å²) in [4.78, 5) is 6.41. The van der Waals surface area contributed by atoms with Gasteiger partial charge in [-0.25, -0.2) is 4.98 Å². The summed E-state index contributed by atoms with van der Waals surface area (Å²) in [6.07, 6.45) is 1.58. The molecule has 0 N–H and O–H groups in total. The number of aromatic nitrogens is 3. The van der Waals surface area contributed by atoms with Crippen molar-refractivity contribution in [1.82, 2.24) is 19.7 Å². The standard InChI is InChI=1S/C13H18N4O/c1-16(9-13-14-10-15-17(13)2)8-11-5-4-6-12(7-11)18-3/h4-7,10H,8-9H2,1-3H3. The van der Waals surface area contributed by atoms with Gasteiger partial charge in [0.25, 0.3) is 0 Å². The lowest BCUT2D eigenvalue weighted by molar-refractivity contribution is 0.304. The van der Waals surface area contributed by atoms with Crippen LogP contribution >= 0.6 is 0 Å². The van der Waals surface area contributed by atoms with Gasteiger partial charge in [-0.15, -0.1) is 0 Å². The number of aryl methyl sites for hydroxylation is 1. The SMILES string of the molecule is COc1cccc(CN(C)Cc2ncnn2C)c1. The Morgan fingerprint density at radius 3 is 2.83 bits per heavy atom. The van der Waals surface area contributed by atoms with Crippen molar-refractivity contribution in [1.29, 1.82) is 0 Å². The van der Waals surface area contributed by atoms with E-state index in [1.54, 1.807) is 18.1 Å². The number of ether oxygens (including phenoxy) is 1. The predicted molar refractivity (Wildman–Crippen MR) is 69.2 cm³/mol. The zero-order chi connectivity index (χ0) is 13.0. The Bertz CT molecular complexity index is 509. The van der Waals surface area contributed by atoms with Crippen molar-refractivity contribution < 1.29 is 4.74 Å². The highest BCUT2D eigenvalue weighted by Gasteiger charge is 2.06. The molecule has 1 aromatic heterocycles. The van der Waals surface area contributed by atoms with Crippen LogP contribution in [0.2, 0.25) is 0 Å². The molecule has 0 aliphatic heterocycles. The van der Waals surface area contributed by atoms with Gasteiger partial charge in [-0.2, -0.15) is 5.10 Å². The second kappa shape index (κ2) is 5.64. The highest BCUT2D eigenvalue weighted by Crippen LogP contribution is 2.14. The van der Waals surface area contributed by atoms with E-state index in [1.807, 2.05) is 25.2 Å². The van der Waals surface area contributed by atoms with Crippen molar-refractivity contribution >= 4 is 0 Å². The van der Waals surface area contributed by atoms with E-state index in [4.69, 9.17) is 4.74 Å². The number of nitrogens with zero attached hydrogens (tertiary/aromatic N) is 4. The molecule has 2 rings (SSSR count). The molecule has 0 aliphatic carbocycles. The van der Waals surface area contributed by atoms with Crippen LogP contribution in [-0.2, 0) is 20.1 Å². The third kappa shape index (κ3) is 3.07. The van der Waals surface area contributed by atoms with E-state index in [1.165, 1.54) is 5.56 Å². The van der Waals surface area contributed by atoms with Gasteiger partial charge in [-0.05, 0) is 24.7 Å². The Morgan fingerprint density at radius 2 is 2.17 bits per heavy atom. The largest absolute Gasteiger partial charge is 0.497 e. The first kappa shape index (κ1) is 12.6. The molecule has 0 fully saturated rings. The highest BCUT2D eigenvalue weighted by molar-refractivity contribution is 5.28. The number of methoxy groups -OCH3 is 1. The summed E-state index contributed by atoms with van der Waals surface area (Å²) in [6.45, 7) is 1.62. The molecule has 1 aromatic carbocycles. The molecule has 0 radical (unpaired) electrons. The second-order valence-corrected chi connectivity index (χ2v) is 4.32. The van der Waals surface area contributed by atoms with Gasteiger partial charge in [-0.3, -0.25) is 9.58 Å². The minimum atomic E-state index is 0.772. The van der Waals surface area contributed by atoms with Crippen LogP contribution in [0.4, 0.5) is 0 Å². The second-order valence-electron chi connectivity index (χ2n) is 4.32. The number of benzene rings is 1. The summed E-state index contributed by atoms with van der Waals surface area (Å²) in [6, 6.07) is 8.10. The fraction of sp³-hybridized carbons (Fsp3) is 0.385. The smallest absolute Gasteiger partial charge is 0.140 e. The summed E-state index contributed by atoms with van der Waals surface area (Å²) in [7, 11) is 5.65. The van der Waals surface area contributed by atoms with Crippen molar-refractivity contribution in [3.05, 3.63) is 42.0 Å². The molecule has 96 valence electrons. The van der Waals surface area contributed by atoms with Gasteiger partial charge in [0.05, 0.1) is 13.7 Å². The third-order valence-corrected chi connectivity index (χ3v) is 2.80. The summed E-state index contributed by atoms with van der Waals surface area (Å²) in [5, 5.41) is 4.06. The van der Waals surface area contributed by atoms with E-state index in [9.17, 15) is 0 Å². The molecule has 1 heterocycles. The number of rotatable bonds is 5. The Kier molecular flexibility index (Phi) is 3.94. The van der Waals surface area contributed by atoms with Crippen LogP contribution in [0.25, 0.3) is 0 Å². The minimum Gasteiger partial charge on any atom is -0.497 e. The molecule has 0 atom stereocenters. The van der Waals surface area contributed by atoms with Gasteiger partial charge in [0.2, 0.25) is 0 Å². The van der Waals surface area contributed by atoms with Crippen LogP contribution in [0.1, 0.15) is 11.4 Å². The Morgan fingerprint density at radius 1 is 1.33 bits per heavy atom. The fourth-order valence-corrected chi connectivity index (χ4v) is 1.84. The molecule has 0 saturated carbocycles. The summed E-state index contributed by atoms with van der Waals surface area (Å²) in [5.41, 5.74) is 1.22. The topological polar surface area (TPSA) is 43.2 Å². The first-order valence-electron chi connectivity index (χ1n) is 5.83. The normalized spacial score (nSPS) is 10.9. The molecule has 2 aromatic rings. The third-order valence-electron chi connectivity index (χ3n) is 2.80. The lowest BCUT2D eigenvalue weighted by Crippen LogP contribution is -2.19. The van der Waals surface area contributed by atoms with E-state index < -0.39 is 0 Å². The molecular formula is C13H18N4O. The maximum absolute atomic E-state index is 5.22. The van der Waals surface area contributed by atoms with Crippen LogP contribution in [0.15, 0.2) is 30.6 Å². The zero-order valence-electron chi connectivity index (χ0n) is 11.0. The molecule has 0 spiro atoms. The first-order chi connectivity index (χ1) is 8.69. The van der Waals surface area contributed by atoms with E-state index in [0.717, 1.165) is 24.7 Å². The predicted octanol–water partition coefficient (Wildman–Crippen LogP) is 1.46. The van der Waals surface area contributed by atoms with Crippen molar-refractivity contribution in [3.63, 3.8) is 0 Å². The van der Waals surface area contributed by atoms with Crippen LogP contribution in [0, 0.1) is 0 Å². The van der Waals surface area contributed by atoms with Crippen molar-refractivity contribution in [3.8, 4) is 5.75 Å². The first-order valence-corrected chi connectivity index (χ1v) is 5.83. The van der Waals surface area contributed by atoms with Crippen LogP contribution < -0.4 is 4.74 Å². The Balaban J connectivity index is 1.98. The van der Waals surface area contributed by atoms with Crippen LogP contribution in [0.5, 0.6) is 5.75 Å². The maximum atomic E-state index is 5.22. The quantitative estimate of drug-likeness (QED) is 0.801. The summed E-state index contributed by atoms with van der Waals surface area (Å²) in [5.74, 6) is 1.85. The molecule has 0 bridgehead atoms. The van der Waals surface area contributed by atoms with Crippen molar-refractivity contribution in [2.24, 2.45) is 7.05 Å². The van der Waals surface area contributed by atoms with Crippen molar-refractivity contribution in [2.45, 2.75) is 13.1 Å². The van der Waals surface area contributed by atoms with E-state index >= 15 is 0 Å². The van der Waals surface area contributed by atoms with Gasteiger partial charge >= 0.3 is 0 Å². The molecule has 5 heteroatoms. The van der Waals surface area contributed by atoms with Gasteiger partial charge in [0.1, 0.15) is 17.9 Å². The highest BCUT2D eigenvalue weighted by atomic mass is 16.5. The van der Waals surface area contributed by atoms with Crippen molar-refractivity contribution in [2.75, 3.05) is 14.2 Å². The van der Waals surface area contributed by atoms with E-state index in [-0.39, 0.29) is 0 Å². The number of hydrogen-bond acceptors (Lipinski definition) is 4. The lowest BCUT2D eigenvalue weighted by Gasteiger charge is -2.16. The van der Waals surface area contributed by atoms with Gasteiger partial charge in [-0.1, -0.05) is 12.1 Å². The molecule has 0 amide bonds. The zero-order valence-corrected chi connectivity index (χ0v) is 11.0. The lowest BCUT2D eigenvalue weighted by atomic mass is 10.2. The van der Waals surface area contributed by atoms with Crippen LogP contribution in [-0.4, -0.2) is 33.8 Å². The monoisotopic (exact) mass is 246 g/mol. The van der Waals surface area contributed by atoms with Gasteiger partial charge in [0, 0.05) is 13.6 Å². The molecule has 5 nitrogen and oxygen atoms in total. The fourth-order valence-electron chi connectivity index (χ4n) is 1.84. The van der Waals surface area contributed by atoms with Gasteiger partial charge < -0.3 is 4.74 Å². The average Bonchev–Trinajstić information content (AvgIpc) is 2.75. The Hall–Kier alpha value is -1.88. The average molecular weight is 246 g/mol. The molecule has 0 aliphatic rings. The number of hydrogen-bond donors (Lipinski definition) is 0. The molecule has 0 saturated heterocycles. The maximum Gasteiger partial charge on any atom is 0.140 e. The van der Waals surface area contributed by atoms with E-state index in [0.29, 0.717) is 0 Å². The summed E-state index contributed by atoms with van der Waals surface area (Å²) >= 11 is 0. The molecule has 0 unspecified atom stereocenters. The Labute approximate surface area is 107 Å². The molecule has 18 heavy (non-hydrogen) atoms. The molecular weight excluding hydrogens is 228 g/mol. The van der Waals surface area contributed by atoms with E-state index in [2.05, 4.69) is 28.1 Å². The summed E-state index contributed by atoms with van der Waals surface area (Å²) < 4.78 is 7.01.